The first kappa shape index (κ1) is 28.1. The molecule has 1 aliphatic rings. The molecule has 5 N–H and O–H groups in total. The van der Waals surface area contributed by atoms with Gasteiger partial charge in [-0.25, -0.2) is 4.39 Å². The average Bonchev–Trinajstić information content (AvgIpc) is 2.83. The number of rotatable bonds is 5. The van der Waals surface area contributed by atoms with Crippen molar-refractivity contribution in [3.05, 3.63) is 35.6 Å². The molecule has 0 bridgehead atoms. The van der Waals surface area contributed by atoms with Crippen LogP contribution in [0.2, 0.25) is 0 Å². The molecule has 2 rings (SSSR count). The lowest BCUT2D eigenvalue weighted by Gasteiger charge is -2.33. The summed E-state index contributed by atoms with van der Waals surface area (Å²) in [5.74, 6) is -1.19. The monoisotopic (exact) mass is 483 g/mol. The van der Waals surface area contributed by atoms with Crippen LogP contribution in [0.3, 0.4) is 0 Å². The fraction of sp³-hybridized carbons (Fsp3) is 0.667. The number of aliphatic hydroxyl groups is 3. The Kier molecular flexibility index (Phi) is 11.9. The van der Waals surface area contributed by atoms with Crippen LogP contribution in [0.4, 0.5) is 4.39 Å². The highest BCUT2D eigenvalue weighted by atomic mass is 19.1. The Morgan fingerprint density at radius 2 is 1.76 bits per heavy atom. The Balaban J connectivity index is 2.24. The predicted octanol–water partition coefficient (Wildman–Crippen LogP) is 0.507. The van der Waals surface area contributed by atoms with Gasteiger partial charge in [0.1, 0.15) is 24.1 Å². The van der Waals surface area contributed by atoms with E-state index in [0.29, 0.717) is 32.4 Å². The highest BCUT2D eigenvalue weighted by Gasteiger charge is 2.30. The number of nitrogens with zero attached hydrogens (tertiary/aromatic N) is 2. The summed E-state index contributed by atoms with van der Waals surface area (Å²) in [4.78, 5) is 29.0. The number of carbonyl (C=O) groups is 2. The number of hydrogen-bond donors (Lipinski definition) is 4. The van der Waals surface area contributed by atoms with E-state index in [1.54, 1.807) is 4.90 Å². The maximum Gasteiger partial charge on any atom is 0.254 e. The Hall–Kier alpha value is -2.11. The van der Waals surface area contributed by atoms with Crippen molar-refractivity contribution in [3.8, 4) is 0 Å². The zero-order valence-electron chi connectivity index (χ0n) is 19.8. The highest BCUT2D eigenvalue weighted by Crippen LogP contribution is 2.12. The molecule has 0 spiro atoms. The van der Waals surface area contributed by atoms with Crippen molar-refractivity contribution in [2.75, 3.05) is 39.4 Å². The largest absolute Gasteiger partial charge is 0.388 e. The standard InChI is InChI=1S/C24H38FN3O6/c1-2-3-6-19(26)24(33)27-11-4-5-14-34-16-21(30)22(31)20(29)15-28(13-12-27)23(32)17-7-9-18(25)10-8-17/h7-10,19-22,29-31H,2-6,11-16,26H2,1H3/t19-,20-,21+,22+/m0/s1. The molecule has 10 heteroatoms. The number of halogens is 1. The average molecular weight is 484 g/mol. The molecule has 0 radical (unpaired) electrons. The lowest BCUT2D eigenvalue weighted by molar-refractivity contribution is -0.133. The van der Waals surface area contributed by atoms with Gasteiger partial charge in [-0.05, 0) is 43.5 Å². The van der Waals surface area contributed by atoms with Crippen LogP contribution in [0.15, 0.2) is 24.3 Å². The van der Waals surface area contributed by atoms with Gasteiger partial charge in [-0.3, -0.25) is 9.59 Å². The summed E-state index contributed by atoms with van der Waals surface area (Å²) in [5, 5.41) is 30.9. The van der Waals surface area contributed by atoms with Crippen LogP contribution in [0, 0.1) is 5.82 Å². The Morgan fingerprint density at radius 3 is 2.44 bits per heavy atom. The molecule has 1 aliphatic heterocycles. The number of β-amino-alcohol motifs (C(OH)–C–C–N with tert-alkyl or cyclic N) is 1. The third-order valence-corrected chi connectivity index (χ3v) is 5.97. The fourth-order valence-corrected chi connectivity index (χ4v) is 3.81. The van der Waals surface area contributed by atoms with Gasteiger partial charge in [-0.2, -0.15) is 0 Å². The molecule has 9 nitrogen and oxygen atoms in total. The van der Waals surface area contributed by atoms with E-state index in [1.807, 2.05) is 6.92 Å². The summed E-state index contributed by atoms with van der Waals surface area (Å²) >= 11 is 0. The van der Waals surface area contributed by atoms with Crippen molar-refractivity contribution >= 4 is 11.8 Å². The summed E-state index contributed by atoms with van der Waals surface area (Å²) in [5.41, 5.74) is 6.32. The second-order valence-electron chi connectivity index (χ2n) is 8.74. The lowest BCUT2D eigenvalue weighted by Crippen LogP contribution is -2.51. The number of carbonyl (C=O) groups excluding carboxylic acids is 2. The van der Waals surface area contributed by atoms with Crippen LogP contribution in [-0.2, 0) is 9.53 Å². The van der Waals surface area contributed by atoms with E-state index in [4.69, 9.17) is 10.5 Å². The first-order valence-corrected chi connectivity index (χ1v) is 12.0. The van der Waals surface area contributed by atoms with Crippen molar-refractivity contribution in [1.82, 2.24) is 9.80 Å². The number of ether oxygens (including phenoxy) is 1. The van der Waals surface area contributed by atoms with Gasteiger partial charge in [-0.15, -0.1) is 0 Å². The SMILES string of the molecule is CCCC[C@H](N)C(=O)N1CCCCOC[C@@H](O)[C@H](O)[C@@H](O)CN(C(=O)c2ccc(F)cc2)CC1. The molecule has 1 aromatic carbocycles. The van der Waals surface area contributed by atoms with Crippen molar-refractivity contribution in [1.29, 1.82) is 0 Å². The lowest BCUT2D eigenvalue weighted by atomic mass is 10.1. The van der Waals surface area contributed by atoms with Crippen molar-refractivity contribution in [2.45, 2.75) is 63.4 Å². The van der Waals surface area contributed by atoms with E-state index in [2.05, 4.69) is 0 Å². The van der Waals surface area contributed by atoms with E-state index in [-0.39, 0.29) is 37.7 Å². The zero-order chi connectivity index (χ0) is 25.1. The normalized spacial score (nSPS) is 24.4. The van der Waals surface area contributed by atoms with E-state index < -0.39 is 36.1 Å². The first-order valence-electron chi connectivity index (χ1n) is 12.0. The van der Waals surface area contributed by atoms with Gasteiger partial charge in [0.2, 0.25) is 5.91 Å². The third-order valence-electron chi connectivity index (χ3n) is 5.97. The minimum atomic E-state index is -1.54. The van der Waals surface area contributed by atoms with Crippen molar-refractivity contribution in [2.24, 2.45) is 5.73 Å². The van der Waals surface area contributed by atoms with Crippen LogP contribution < -0.4 is 5.73 Å². The van der Waals surface area contributed by atoms with E-state index in [0.717, 1.165) is 25.0 Å². The van der Waals surface area contributed by atoms with Gasteiger partial charge < -0.3 is 35.6 Å². The van der Waals surface area contributed by atoms with Crippen LogP contribution in [0.5, 0.6) is 0 Å². The zero-order valence-corrected chi connectivity index (χ0v) is 19.8. The molecule has 0 unspecified atom stereocenters. The molecule has 1 saturated heterocycles. The van der Waals surface area contributed by atoms with Gasteiger partial charge in [0, 0.05) is 38.3 Å². The molecule has 1 heterocycles. The summed E-state index contributed by atoms with van der Waals surface area (Å²) < 4.78 is 18.7. The van der Waals surface area contributed by atoms with Crippen LogP contribution in [-0.4, -0.2) is 101 Å². The summed E-state index contributed by atoms with van der Waals surface area (Å²) in [6, 6.07) is 4.34. The number of amides is 2. The highest BCUT2D eigenvalue weighted by molar-refractivity contribution is 5.94. The maximum atomic E-state index is 13.3. The smallest absolute Gasteiger partial charge is 0.254 e. The van der Waals surface area contributed by atoms with Crippen LogP contribution >= 0.6 is 0 Å². The minimum absolute atomic E-state index is 0.0683. The number of unbranched alkanes of at least 4 members (excludes halogenated alkanes) is 1. The van der Waals surface area contributed by atoms with Gasteiger partial charge >= 0.3 is 0 Å². The van der Waals surface area contributed by atoms with E-state index in [1.165, 1.54) is 17.0 Å². The quantitative estimate of drug-likeness (QED) is 0.479. The van der Waals surface area contributed by atoms with Gasteiger partial charge in [0.05, 0.1) is 12.6 Å². The molecule has 192 valence electrons. The topological polar surface area (TPSA) is 137 Å². The molecular weight excluding hydrogens is 445 g/mol. The third kappa shape index (κ3) is 8.59. The second kappa shape index (κ2) is 14.3. The van der Waals surface area contributed by atoms with Crippen LogP contribution in [0.1, 0.15) is 49.4 Å². The molecule has 1 aromatic rings. The maximum absolute atomic E-state index is 13.3. The fourth-order valence-electron chi connectivity index (χ4n) is 3.81. The van der Waals surface area contributed by atoms with Gasteiger partial charge in [0.25, 0.3) is 5.91 Å². The summed E-state index contributed by atoms with van der Waals surface area (Å²) in [6.45, 7) is 2.56. The van der Waals surface area contributed by atoms with E-state index in [9.17, 15) is 29.3 Å². The number of hydrogen-bond acceptors (Lipinski definition) is 7. The Labute approximate surface area is 200 Å². The van der Waals surface area contributed by atoms with Crippen molar-refractivity contribution < 1.29 is 34.0 Å². The van der Waals surface area contributed by atoms with E-state index >= 15 is 0 Å². The Morgan fingerprint density at radius 1 is 1.09 bits per heavy atom. The predicted molar refractivity (Wildman–Crippen MR) is 124 cm³/mol. The molecule has 4 atom stereocenters. The number of nitrogens with two attached hydrogens (primary N) is 1. The minimum Gasteiger partial charge on any atom is -0.388 e. The summed E-state index contributed by atoms with van der Waals surface area (Å²) in [6.07, 6.45) is -0.739. The van der Waals surface area contributed by atoms with Crippen molar-refractivity contribution in [3.63, 3.8) is 0 Å². The second-order valence-corrected chi connectivity index (χ2v) is 8.74. The molecule has 0 aliphatic carbocycles. The molecular formula is C24H38FN3O6. The number of benzene rings is 1. The van der Waals surface area contributed by atoms with Crippen LogP contribution in [0.25, 0.3) is 0 Å². The summed E-state index contributed by atoms with van der Waals surface area (Å²) in [7, 11) is 0. The molecule has 34 heavy (non-hydrogen) atoms. The van der Waals surface area contributed by atoms with Gasteiger partial charge in [-0.1, -0.05) is 19.8 Å². The molecule has 1 fully saturated rings. The number of aliphatic hydroxyl groups excluding tert-OH is 3. The molecule has 0 aromatic heterocycles. The van der Waals surface area contributed by atoms with Gasteiger partial charge in [0.15, 0.2) is 0 Å². The molecule has 2 amide bonds. The molecule has 0 saturated carbocycles. The first-order chi connectivity index (χ1) is 16.2. The Bertz CT molecular complexity index is 766.